The molecule has 1 aliphatic rings. The van der Waals surface area contributed by atoms with Crippen LogP contribution in [0, 0.1) is 11.8 Å². The van der Waals surface area contributed by atoms with Crippen LogP contribution in [0.3, 0.4) is 0 Å². The predicted molar refractivity (Wildman–Crippen MR) is 59.8 cm³/mol. The summed E-state index contributed by atoms with van der Waals surface area (Å²) in [6.45, 7) is 0. The molecule has 0 radical (unpaired) electrons. The topological polar surface area (TPSA) is 118 Å². The van der Waals surface area contributed by atoms with E-state index in [9.17, 15) is 19.5 Å². The average molecular weight is 272 g/mol. The molecule has 96 valence electrons. The van der Waals surface area contributed by atoms with E-state index in [1.807, 2.05) is 0 Å². The second-order valence-corrected chi connectivity index (χ2v) is 5.64. The van der Waals surface area contributed by atoms with Gasteiger partial charge in [0.15, 0.2) is 16.5 Å². The third-order valence-corrected chi connectivity index (χ3v) is 4.33. The van der Waals surface area contributed by atoms with Gasteiger partial charge in [0.05, 0.1) is 6.10 Å². The van der Waals surface area contributed by atoms with Gasteiger partial charge in [-0.05, 0) is 12.8 Å². The molecule has 0 saturated heterocycles. The van der Waals surface area contributed by atoms with Gasteiger partial charge in [0, 0.05) is 23.9 Å². The van der Waals surface area contributed by atoms with E-state index in [-0.39, 0.29) is 12.0 Å². The molecule has 0 heterocycles. The molecule has 16 heavy (non-hydrogen) atoms. The molecule has 1 fully saturated rings. The lowest BCUT2D eigenvalue weighted by Gasteiger charge is -2.37. The van der Waals surface area contributed by atoms with Crippen LogP contribution >= 0.6 is 12.0 Å². The van der Waals surface area contributed by atoms with Crippen LogP contribution in [-0.4, -0.2) is 45.6 Å². The van der Waals surface area contributed by atoms with Crippen molar-refractivity contribution in [1.29, 1.82) is 0 Å². The fraction of sp³-hybridized carbons (Fsp3) is 1.00. The summed E-state index contributed by atoms with van der Waals surface area (Å²) < 4.78 is 28.2. The number of rotatable bonds is 4. The minimum absolute atomic E-state index is 0.233. The molecule has 6 nitrogen and oxygen atoms in total. The molecule has 0 aliphatic heterocycles. The van der Waals surface area contributed by atoms with E-state index in [0.29, 0.717) is 19.3 Å². The highest BCUT2D eigenvalue weighted by Crippen LogP contribution is 2.36. The van der Waals surface area contributed by atoms with Crippen LogP contribution in [0.25, 0.3) is 0 Å². The summed E-state index contributed by atoms with van der Waals surface area (Å²) in [7, 11) is 0. The zero-order valence-electron chi connectivity index (χ0n) is 8.47. The Balaban J connectivity index is 2.70. The largest absolute Gasteiger partial charge is 0.392 e. The van der Waals surface area contributed by atoms with Crippen LogP contribution in [0.1, 0.15) is 19.3 Å². The maximum Gasteiger partial charge on any atom is 0.182 e. The number of hydrogen-bond acceptors (Lipinski definition) is 6. The van der Waals surface area contributed by atoms with Gasteiger partial charge in [0.25, 0.3) is 0 Å². The Morgan fingerprint density at radius 1 is 1.25 bits per heavy atom. The SMILES string of the molecule is O=S(O)C(O)C1CCCC(C(O)SO)C1O. The van der Waals surface area contributed by atoms with Gasteiger partial charge in [-0.2, -0.15) is 0 Å². The first kappa shape index (κ1) is 14.4. The minimum Gasteiger partial charge on any atom is -0.392 e. The molecular weight excluding hydrogens is 256 g/mol. The van der Waals surface area contributed by atoms with Crippen LogP contribution in [0.4, 0.5) is 0 Å². The van der Waals surface area contributed by atoms with E-state index in [4.69, 9.17) is 9.11 Å². The maximum atomic E-state index is 10.7. The van der Waals surface area contributed by atoms with Gasteiger partial charge in [-0.1, -0.05) is 6.42 Å². The van der Waals surface area contributed by atoms with Crippen LogP contribution in [0.15, 0.2) is 0 Å². The van der Waals surface area contributed by atoms with Crippen LogP contribution in [0.2, 0.25) is 0 Å². The third kappa shape index (κ3) is 3.16. The van der Waals surface area contributed by atoms with Crippen LogP contribution < -0.4 is 0 Å². The first-order valence-corrected chi connectivity index (χ1v) is 6.93. The van der Waals surface area contributed by atoms with Crippen molar-refractivity contribution in [3.8, 4) is 0 Å². The van der Waals surface area contributed by atoms with Gasteiger partial charge in [-0.25, -0.2) is 4.21 Å². The number of hydrogen-bond donors (Lipinski definition) is 5. The summed E-state index contributed by atoms with van der Waals surface area (Å²) in [5.41, 5.74) is -2.66. The highest BCUT2D eigenvalue weighted by Gasteiger charge is 2.41. The van der Waals surface area contributed by atoms with Gasteiger partial charge in [-0.15, -0.1) is 0 Å². The molecule has 0 aromatic carbocycles. The van der Waals surface area contributed by atoms with Gasteiger partial charge < -0.3 is 24.4 Å². The van der Waals surface area contributed by atoms with Crippen LogP contribution in [0.5, 0.6) is 0 Å². The van der Waals surface area contributed by atoms with E-state index in [2.05, 4.69) is 0 Å². The lowest BCUT2D eigenvalue weighted by Crippen LogP contribution is -2.45. The third-order valence-electron chi connectivity index (χ3n) is 3.00. The minimum atomic E-state index is -2.41. The molecule has 6 unspecified atom stereocenters. The van der Waals surface area contributed by atoms with Gasteiger partial charge in [0.1, 0.15) is 5.44 Å². The van der Waals surface area contributed by atoms with Crippen molar-refractivity contribution in [3.63, 3.8) is 0 Å². The van der Waals surface area contributed by atoms with E-state index < -0.39 is 39.9 Å². The number of aliphatic hydroxyl groups is 3. The Kier molecular flexibility index (Phi) is 5.65. The first-order valence-electron chi connectivity index (χ1n) is 4.93. The van der Waals surface area contributed by atoms with Crippen molar-refractivity contribution in [2.45, 2.75) is 36.2 Å². The quantitative estimate of drug-likeness (QED) is 0.274. The van der Waals surface area contributed by atoms with Crippen LogP contribution in [-0.2, 0) is 11.1 Å². The fourth-order valence-corrected chi connectivity index (χ4v) is 3.15. The standard InChI is InChI=1S/C8H16O6S2/c9-6-4(7(10)15-12)2-1-3-5(6)8(11)16(13)14/h4-12H,1-3H2,(H,13,14). The predicted octanol–water partition coefficient (Wildman–Crippen LogP) is -0.172. The highest BCUT2D eigenvalue weighted by atomic mass is 32.2. The summed E-state index contributed by atoms with van der Waals surface area (Å²) in [5, 5.41) is 28.7. The molecule has 6 atom stereocenters. The molecule has 8 heteroatoms. The summed E-state index contributed by atoms with van der Waals surface area (Å²) in [6, 6.07) is 0. The summed E-state index contributed by atoms with van der Waals surface area (Å²) >= 11 is -2.18. The molecule has 0 bridgehead atoms. The zero-order chi connectivity index (χ0) is 12.3. The second kappa shape index (κ2) is 6.29. The van der Waals surface area contributed by atoms with E-state index in [0.717, 1.165) is 0 Å². The molecular formula is C8H16O6S2. The van der Waals surface area contributed by atoms with E-state index in [1.165, 1.54) is 0 Å². The summed E-state index contributed by atoms with van der Waals surface area (Å²) in [4.78, 5) is 0. The van der Waals surface area contributed by atoms with Crippen molar-refractivity contribution < 1.29 is 28.6 Å². The summed E-state index contributed by atoms with van der Waals surface area (Å²) in [5.74, 6) is -1.33. The van der Waals surface area contributed by atoms with Crippen molar-refractivity contribution in [3.05, 3.63) is 0 Å². The normalized spacial score (nSPS) is 36.7. The smallest absolute Gasteiger partial charge is 0.182 e. The molecule has 1 saturated carbocycles. The molecule has 0 amide bonds. The Morgan fingerprint density at radius 2 is 1.81 bits per heavy atom. The molecule has 1 rings (SSSR count). The molecule has 0 aromatic heterocycles. The van der Waals surface area contributed by atoms with Crippen molar-refractivity contribution in [1.82, 2.24) is 0 Å². The number of aliphatic hydroxyl groups excluding tert-OH is 3. The first-order chi connectivity index (χ1) is 7.49. The van der Waals surface area contributed by atoms with Gasteiger partial charge >= 0.3 is 0 Å². The molecule has 0 aromatic rings. The Morgan fingerprint density at radius 3 is 2.31 bits per heavy atom. The highest BCUT2D eigenvalue weighted by molar-refractivity contribution is 7.94. The average Bonchev–Trinajstić information content (AvgIpc) is 2.27. The lowest BCUT2D eigenvalue weighted by molar-refractivity contribution is -0.0450. The van der Waals surface area contributed by atoms with E-state index >= 15 is 0 Å². The van der Waals surface area contributed by atoms with Crippen molar-refractivity contribution in [2.75, 3.05) is 0 Å². The Labute approximate surface area is 100 Å². The monoisotopic (exact) mass is 272 g/mol. The Bertz CT molecular complexity index is 251. The zero-order valence-corrected chi connectivity index (χ0v) is 10.1. The van der Waals surface area contributed by atoms with Gasteiger partial charge in [-0.3, -0.25) is 0 Å². The van der Waals surface area contributed by atoms with Crippen molar-refractivity contribution in [2.24, 2.45) is 11.8 Å². The second-order valence-electron chi connectivity index (χ2n) is 3.91. The Hall–Kier alpha value is 0.300. The van der Waals surface area contributed by atoms with Gasteiger partial charge in [0.2, 0.25) is 0 Å². The lowest BCUT2D eigenvalue weighted by atomic mass is 9.79. The molecule has 1 aliphatic carbocycles. The molecule has 0 spiro atoms. The maximum absolute atomic E-state index is 10.7. The molecule has 5 N–H and O–H groups in total. The van der Waals surface area contributed by atoms with E-state index in [1.54, 1.807) is 0 Å². The summed E-state index contributed by atoms with van der Waals surface area (Å²) in [6.07, 6.45) is 0.471. The van der Waals surface area contributed by atoms with Crippen molar-refractivity contribution >= 4 is 23.1 Å². The fourth-order valence-electron chi connectivity index (χ4n) is 2.10.